The SMILES string of the molecule is CC(O)CN(C(=O)c1ccc2c(c1)CCCC2)C(C)C. The largest absolute Gasteiger partial charge is 0.392 e. The molecule has 3 heteroatoms. The topological polar surface area (TPSA) is 40.5 Å². The van der Waals surface area contributed by atoms with Crippen LogP contribution in [-0.2, 0) is 12.8 Å². The highest BCUT2D eigenvalue weighted by Crippen LogP contribution is 2.23. The average Bonchev–Trinajstić information content (AvgIpc) is 2.43. The normalized spacial score (nSPS) is 15.8. The summed E-state index contributed by atoms with van der Waals surface area (Å²) in [5.41, 5.74) is 3.46. The van der Waals surface area contributed by atoms with Crippen LogP contribution in [0.1, 0.15) is 55.1 Å². The number of carbonyl (C=O) groups excluding carboxylic acids is 1. The van der Waals surface area contributed by atoms with Gasteiger partial charge in [-0.3, -0.25) is 4.79 Å². The first-order valence-electron chi connectivity index (χ1n) is 7.60. The number of aliphatic hydroxyl groups is 1. The number of fused-ring (bicyclic) bond motifs is 1. The Balaban J connectivity index is 2.22. The zero-order valence-corrected chi connectivity index (χ0v) is 12.7. The van der Waals surface area contributed by atoms with E-state index in [1.807, 2.05) is 26.0 Å². The third-order valence-electron chi connectivity index (χ3n) is 3.94. The van der Waals surface area contributed by atoms with Crippen molar-refractivity contribution in [1.82, 2.24) is 4.90 Å². The van der Waals surface area contributed by atoms with Crippen molar-refractivity contribution in [2.75, 3.05) is 6.54 Å². The summed E-state index contributed by atoms with van der Waals surface area (Å²) in [6, 6.07) is 6.17. The third kappa shape index (κ3) is 3.40. The Labute approximate surface area is 121 Å². The number of rotatable bonds is 4. The van der Waals surface area contributed by atoms with Crippen molar-refractivity contribution in [2.45, 2.75) is 58.6 Å². The standard InChI is InChI=1S/C17H25NO2/c1-12(2)18(11-13(3)19)17(20)16-9-8-14-6-4-5-7-15(14)10-16/h8-10,12-13,19H,4-7,11H2,1-3H3. The molecule has 0 spiro atoms. The van der Waals surface area contributed by atoms with E-state index in [-0.39, 0.29) is 11.9 Å². The van der Waals surface area contributed by atoms with Gasteiger partial charge in [0, 0.05) is 18.2 Å². The van der Waals surface area contributed by atoms with E-state index in [1.54, 1.807) is 11.8 Å². The van der Waals surface area contributed by atoms with Crippen LogP contribution in [0, 0.1) is 0 Å². The molecule has 110 valence electrons. The molecule has 1 unspecified atom stereocenters. The van der Waals surface area contributed by atoms with Crippen molar-refractivity contribution < 1.29 is 9.90 Å². The van der Waals surface area contributed by atoms with Gasteiger partial charge in [0.1, 0.15) is 0 Å². The van der Waals surface area contributed by atoms with Crippen LogP contribution in [0.15, 0.2) is 18.2 Å². The molecule has 1 aromatic rings. The van der Waals surface area contributed by atoms with Crippen LogP contribution in [0.4, 0.5) is 0 Å². The Bertz CT molecular complexity index is 480. The van der Waals surface area contributed by atoms with Gasteiger partial charge in [0.25, 0.3) is 5.91 Å². The van der Waals surface area contributed by atoms with Crippen molar-refractivity contribution in [2.24, 2.45) is 0 Å². The lowest BCUT2D eigenvalue weighted by atomic mass is 9.90. The molecule has 0 radical (unpaired) electrons. The summed E-state index contributed by atoms with van der Waals surface area (Å²) >= 11 is 0. The van der Waals surface area contributed by atoms with E-state index in [9.17, 15) is 9.90 Å². The number of benzene rings is 1. The Kier molecular flexibility index (Phi) is 4.81. The van der Waals surface area contributed by atoms with E-state index in [0.29, 0.717) is 6.54 Å². The highest BCUT2D eigenvalue weighted by molar-refractivity contribution is 5.94. The van der Waals surface area contributed by atoms with Gasteiger partial charge in [0.2, 0.25) is 0 Å². The molecule has 0 aliphatic heterocycles. The van der Waals surface area contributed by atoms with Crippen LogP contribution in [0.2, 0.25) is 0 Å². The van der Waals surface area contributed by atoms with Gasteiger partial charge in [-0.15, -0.1) is 0 Å². The Morgan fingerprint density at radius 3 is 2.45 bits per heavy atom. The molecule has 0 aromatic heterocycles. The molecular weight excluding hydrogens is 250 g/mol. The van der Waals surface area contributed by atoms with Crippen molar-refractivity contribution >= 4 is 5.91 Å². The highest BCUT2D eigenvalue weighted by atomic mass is 16.3. The Morgan fingerprint density at radius 1 is 1.20 bits per heavy atom. The average molecular weight is 275 g/mol. The van der Waals surface area contributed by atoms with Gasteiger partial charge in [-0.1, -0.05) is 6.07 Å². The number of nitrogens with zero attached hydrogens (tertiary/aromatic N) is 1. The van der Waals surface area contributed by atoms with Gasteiger partial charge in [-0.25, -0.2) is 0 Å². The number of carbonyl (C=O) groups is 1. The molecule has 2 rings (SSSR count). The maximum atomic E-state index is 12.6. The fourth-order valence-electron chi connectivity index (χ4n) is 2.85. The van der Waals surface area contributed by atoms with Crippen LogP contribution in [0.5, 0.6) is 0 Å². The molecule has 1 aromatic carbocycles. The Hall–Kier alpha value is -1.35. The minimum atomic E-state index is -0.501. The van der Waals surface area contributed by atoms with E-state index in [1.165, 1.54) is 24.0 Å². The molecule has 1 atom stereocenters. The second kappa shape index (κ2) is 6.40. The summed E-state index contributed by atoms with van der Waals surface area (Å²) in [7, 11) is 0. The smallest absolute Gasteiger partial charge is 0.254 e. The van der Waals surface area contributed by atoms with Crippen LogP contribution in [0.25, 0.3) is 0 Å². The van der Waals surface area contributed by atoms with Gasteiger partial charge >= 0.3 is 0 Å². The first kappa shape index (κ1) is 15.0. The molecule has 1 aliphatic carbocycles. The molecule has 1 aliphatic rings. The van der Waals surface area contributed by atoms with Crippen molar-refractivity contribution in [3.8, 4) is 0 Å². The van der Waals surface area contributed by atoms with E-state index in [4.69, 9.17) is 0 Å². The molecule has 1 N–H and O–H groups in total. The Morgan fingerprint density at radius 2 is 1.85 bits per heavy atom. The van der Waals surface area contributed by atoms with E-state index in [2.05, 4.69) is 6.07 Å². The van der Waals surface area contributed by atoms with E-state index >= 15 is 0 Å². The molecule has 0 bridgehead atoms. The van der Waals surface area contributed by atoms with Crippen molar-refractivity contribution in [1.29, 1.82) is 0 Å². The fourth-order valence-corrected chi connectivity index (χ4v) is 2.85. The summed E-state index contributed by atoms with van der Waals surface area (Å²) in [4.78, 5) is 14.4. The van der Waals surface area contributed by atoms with Gasteiger partial charge in [-0.2, -0.15) is 0 Å². The quantitative estimate of drug-likeness (QED) is 0.918. The van der Waals surface area contributed by atoms with Gasteiger partial charge in [0.15, 0.2) is 0 Å². The van der Waals surface area contributed by atoms with Crippen LogP contribution >= 0.6 is 0 Å². The lowest BCUT2D eigenvalue weighted by Gasteiger charge is -2.28. The molecule has 0 saturated heterocycles. The molecule has 0 heterocycles. The second-order valence-corrected chi connectivity index (χ2v) is 6.09. The lowest BCUT2D eigenvalue weighted by molar-refractivity contribution is 0.0578. The molecule has 0 saturated carbocycles. The molecule has 0 fully saturated rings. The minimum Gasteiger partial charge on any atom is -0.392 e. The minimum absolute atomic E-state index is 0.0225. The van der Waals surface area contributed by atoms with Crippen LogP contribution < -0.4 is 0 Å². The number of hydrogen-bond acceptors (Lipinski definition) is 2. The van der Waals surface area contributed by atoms with Crippen molar-refractivity contribution in [3.05, 3.63) is 34.9 Å². The van der Waals surface area contributed by atoms with Gasteiger partial charge < -0.3 is 10.0 Å². The summed E-state index contributed by atoms with van der Waals surface area (Å²) in [5, 5.41) is 9.57. The number of amides is 1. The first-order chi connectivity index (χ1) is 9.49. The fraction of sp³-hybridized carbons (Fsp3) is 0.588. The summed E-state index contributed by atoms with van der Waals surface area (Å²) in [5.74, 6) is 0.0225. The number of aryl methyl sites for hydroxylation is 2. The predicted molar refractivity (Wildman–Crippen MR) is 80.9 cm³/mol. The zero-order valence-electron chi connectivity index (χ0n) is 12.7. The molecular formula is C17H25NO2. The van der Waals surface area contributed by atoms with Crippen LogP contribution in [-0.4, -0.2) is 34.6 Å². The molecule has 20 heavy (non-hydrogen) atoms. The highest BCUT2D eigenvalue weighted by Gasteiger charge is 2.21. The second-order valence-electron chi connectivity index (χ2n) is 6.09. The molecule has 3 nitrogen and oxygen atoms in total. The lowest BCUT2D eigenvalue weighted by Crippen LogP contribution is -2.41. The third-order valence-corrected chi connectivity index (χ3v) is 3.94. The molecule has 1 amide bonds. The zero-order chi connectivity index (χ0) is 14.7. The van der Waals surface area contributed by atoms with Crippen molar-refractivity contribution in [3.63, 3.8) is 0 Å². The van der Waals surface area contributed by atoms with Crippen LogP contribution in [0.3, 0.4) is 0 Å². The first-order valence-corrected chi connectivity index (χ1v) is 7.60. The van der Waals surface area contributed by atoms with Gasteiger partial charge in [0.05, 0.1) is 6.10 Å². The summed E-state index contributed by atoms with van der Waals surface area (Å²) < 4.78 is 0. The monoisotopic (exact) mass is 275 g/mol. The predicted octanol–water partition coefficient (Wildman–Crippen LogP) is 2.80. The van der Waals surface area contributed by atoms with Gasteiger partial charge in [-0.05, 0) is 69.7 Å². The van der Waals surface area contributed by atoms with E-state index < -0.39 is 6.10 Å². The van der Waals surface area contributed by atoms with E-state index in [0.717, 1.165) is 18.4 Å². The number of aliphatic hydroxyl groups excluding tert-OH is 1. The maximum absolute atomic E-state index is 12.6. The number of hydrogen-bond donors (Lipinski definition) is 1. The maximum Gasteiger partial charge on any atom is 0.254 e. The summed E-state index contributed by atoms with van der Waals surface area (Å²) in [6.45, 7) is 6.07. The summed E-state index contributed by atoms with van der Waals surface area (Å²) in [6.07, 6.45) is 4.17.